The van der Waals surface area contributed by atoms with Crippen molar-refractivity contribution in [3.05, 3.63) is 29.6 Å². The number of rotatable bonds is 3. The Kier molecular flexibility index (Phi) is 5.45. The highest BCUT2D eigenvalue weighted by atomic mass is 35.5. The van der Waals surface area contributed by atoms with Gasteiger partial charge < -0.3 is 16.2 Å². The van der Waals surface area contributed by atoms with Gasteiger partial charge in [-0.05, 0) is 17.7 Å². The van der Waals surface area contributed by atoms with Gasteiger partial charge in [0, 0.05) is 12.6 Å². The molecule has 0 bridgehead atoms. The number of nitrogens with two attached hydrogens (primary N) is 2. The van der Waals surface area contributed by atoms with Gasteiger partial charge in [0.25, 0.3) is 0 Å². The molecule has 14 heavy (non-hydrogen) atoms. The van der Waals surface area contributed by atoms with Crippen LogP contribution >= 0.6 is 12.4 Å². The van der Waals surface area contributed by atoms with Crippen molar-refractivity contribution < 1.29 is 9.13 Å². The lowest BCUT2D eigenvalue weighted by Crippen LogP contribution is -2.20. The van der Waals surface area contributed by atoms with E-state index in [0.717, 1.165) is 5.56 Å². The van der Waals surface area contributed by atoms with Gasteiger partial charge in [0.1, 0.15) is 0 Å². The van der Waals surface area contributed by atoms with E-state index in [4.69, 9.17) is 16.2 Å². The molecule has 3 nitrogen and oxygen atoms in total. The summed E-state index contributed by atoms with van der Waals surface area (Å²) in [5.74, 6) is -0.197. The van der Waals surface area contributed by atoms with Crippen LogP contribution in [0.15, 0.2) is 18.2 Å². The van der Waals surface area contributed by atoms with Crippen molar-refractivity contribution in [3.8, 4) is 5.75 Å². The molecule has 80 valence electrons. The minimum Gasteiger partial charge on any atom is -0.494 e. The Hall–Kier alpha value is -0.840. The zero-order chi connectivity index (χ0) is 9.84. The largest absolute Gasteiger partial charge is 0.494 e. The molecule has 0 aromatic heterocycles. The van der Waals surface area contributed by atoms with E-state index in [1.807, 2.05) is 0 Å². The van der Waals surface area contributed by atoms with E-state index in [0.29, 0.717) is 6.54 Å². The van der Waals surface area contributed by atoms with E-state index in [-0.39, 0.29) is 24.2 Å². The molecule has 0 saturated heterocycles. The molecule has 0 fully saturated rings. The summed E-state index contributed by atoms with van der Waals surface area (Å²) in [4.78, 5) is 0. The lowest BCUT2D eigenvalue weighted by atomic mass is 10.1. The molecule has 0 unspecified atom stereocenters. The monoisotopic (exact) mass is 220 g/mol. The predicted octanol–water partition coefficient (Wildman–Crippen LogP) is 1.21. The third-order valence-electron chi connectivity index (χ3n) is 1.86. The first-order chi connectivity index (χ1) is 6.19. The van der Waals surface area contributed by atoms with E-state index in [2.05, 4.69) is 0 Å². The van der Waals surface area contributed by atoms with Gasteiger partial charge in [-0.25, -0.2) is 4.39 Å². The molecule has 0 saturated carbocycles. The van der Waals surface area contributed by atoms with Crippen LogP contribution in [0.4, 0.5) is 4.39 Å². The van der Waals surface area contributed by atoms with Crippen molar-refractivity contribution in [3.63, 3.8) is 0 Å². The van der Waals surface area contributed by atoms with Crippen molar-refractivity contribution in [2.24, 2.45) is 11.5 Å². The van der Waals surface area contributed by atoms with Crippen LogP contribution in [0.2, 0.25) is 0 Å². The molecule has 1 aromatic rings. The van der Waals surface area contributed by atoms with Gasteiger partial charge in [0.15, 0.2) is 11.6 Å². The summed E-state index contributed by atoms with van der Waals surface area (Å²) in [6.45, 7) is 0.328. The summed E-state index contributed by atoms with van der Waals surface area (Å²) in [5, 5.41) is 0. The number of methoxy groups -OCH3 is 1. The number of hydrogen-bond donors (Lipinski definition) is 2. The summed E-state index contributed by atoms with van der Waals surface area (Å²) < 4.78 is 17.7. The fourth-order valence-corrected chi connectivity index (χ4v) is 1.04. The molecule has 0 aliphatic carbocycles. The number of benzene rings is 1. The number of hydrogen-bond acceptors (Lipinski definition) is 3. The van der Waals surface area contributed by atoms with Crippen molar-refractivity contribution in [2.75, 3.05) is 13.7 Å². The van der Waals surface area contributed by atoms with E-state index in [1.165, 1.54) is 13.2 Å². The lowest BCUT2D eigenvalue weighted by molar-refractivity contribution is 0.385. The third kappa shape index (κ3) is 2.83. The summed E-state index contributed by atoms with van der Waals surface area (Å²) in [6, 6.07) is 4.22. The van der Waals surface area contributed by atoms with Crippen LogP contribution in [0.1, 0.15) is 11.6 Å². The predicted molar refractivity (Wildman–Crippen MR) is 56.2 cm³/mol. The molecular formula is C9H14ClFN2O. The smallest absolute Gasteiger partial charge is 0.165 e. The summed E-state index contributed by atoms with van der Waals surface area (Å²) in [6.07, 6.45) is 0. The molecule has 0 amide bonds. The zero-order valence-corrected chi connectivity index (χ0v) is 8.68. The topological polar surface area (TPSA) is 61.3 Å². The summed E-state index contributed by atoms with van der Waals surface area (Å²) in [5.41, 5.74) is 11.8. The maximum Gasteiger partial charge on any atom is 0.165 e. The maximum absolute atomic E-state index is 12.9. The fourth-order valence-electron chi connectivity index (χ4n) is 1.04. The standard InChI is InChI=1S/C9H13FN2O.ClH/c1-13-9-4-6(8(12)5-11)2-3-7(9)10;/h2-4,8H,5,11-12H2,1H3;1H/t8-;/m0./s1. The van der Waals surface area contributed by atoms with E-state index < -0.39 is 5.82 Å². The molecule has 1 aromatic carbocycles. The summed E-state index contributed by atoms with van der Waals surface area (Å²) >= 11 is 0. The molecule has 5 heteroatoms. The minimum atomic E-state index is -0.393. The first kappa shape index (κ1) is 13.2. The molecule has 1 atom stereocenters. The van der Waals surface area contributed by atoms with E-state index in [1.54, 1.807) is 12.1 Å². The quantitative estimate of drug-likeness (QED) is 0.805. The maximum atomic E-state index is 12.9. The molecule has 1 rings (SSSR count). The Labute approximate surface area is 88.6 Å². The highest BCUT2D eigenvalue weighted by molar-refractivity contribution is 5.85. The average Bonchev–Trinajstić information content (AvgIpc) is 2.17. The van der Waals surface area contributed by atoms with Crippen LogP contribution in [0.25, 0.3) is 0 Å². The van der Waals surface area contributed by atoms with Gasteiger partial charge in [-0.2, -0.15) is 0 Å². The molecule has 0 spiro atoms. The Morgan fingerprint density at radius 1 is 1.50 bits per heavy atom. The first-order valence-electron chi connectivity index (χ1n) is 3.98. The van der Waals surface area contributed by atoms with Gasteiger partial charge in [-0.15, -0.1) is 12.4 Å². The second kappa shape index (κ2) is 5.80. The normalized spacial score (nSPS) is 11.7. The van der Waals surface area contributed by atoms with Crippen LogP contribution in [0.5, 0.6) is 5.75 Å². The lowest BCUT2D eigenvalue weighted by Gasteiger charge is -2.10. The van der Waals surface area contributed by atoms with Gasteiger partial charge >= 0.3 is 0 Å². The van der Waals surface area contributed by atoms with Crippen molar-refractivity contribution in [1.29, 1.82) is 0 Å². The second-order valence-corrected chi connectivity index (χ2v) is 2.74. The van der Waals surface area contributed by atoms with Crippen molar-refractivity contribution in [2.45, 2.75) is 6.04 Å². The second-order valence-electron chi connectivity index (χ2n) is 2.74. The highest BCUT2D eigenvalue weighted by Gasteiger charge is 2.07. The first-order valence-corrected chi connectivity index (χ1v) is 3.98. The Bertz CT molecular complexity index is 296. The molecular weight excluding hydrogens is 207 g/mol. The van der Waals surface area contributed by atoms with Crippen LogP contribution in [-0.2, 0) is 0 Å². The third-order valence-corrected chi connectivity index (χ3v) is 1.86. The van der Waals surface area contributed by atoms with Crippen LogP contribution < -0.4 is 16.2 Å². The molecule has 4 N–H and O–H groups in total. The van der Waals surface area contributed by atoms with E-state index in [9.17, 15) is 4.39 Å². The summed E-state index contributed by atoms with van der Waals surface area (Å²) in [7, 11) is 1.41. The van der Waals surface area contributed by atoms with Gasteiger partial charge in [-0.1, -0.05) is 6.07 Å². The molecule has 0 aliphatic heterocycles. The van der Waals surface area contributed by atoms with Crippen LogP contribution in [0, 0.1) is 5.82 Å². The Balaban J connectivity index is 0.00000169. The van der Waals surface area contributed by atoms with Gasteiger partial charge in [0.05, 0.1) is 7.11 Å². The molecule has 0 radical (unpaired) electrons. The van der Waals surface area contributed by atoms with Crippen molar-refractivity contribution in [1.82, 2.24) is 0 Å². The Morgan fingerprint density at radius 2 is 2.14 bits per heavy atom. The van der Waals surface area contributed by atoms with E-state index >= 15 is 0 Å². The zero-order valence-electron chi connectivity index (χ0n) is 7.87. The van der Waals surface area contributed by atoms with Crippen LogP contribution in [0.3, 0.4) is 0 Å². The van der Waals surface area contributed by atoms with Gasteiger partial charge in [-0.3, -0.25) is 0 Å². The highest BCUT2D eigenvalue weighted by Crippen LogP contribution is 2.20. The minimum absolute atomic E-state index is 0. The number of ether oxygens (including phenoxy) is 1. The SMILES string of the molecule is COc1cc([C@@H](N)CN)ccc1F.Cl. The van der Waals surface area contributed by atoms with Crippen LogP contribution in [-0.4, -0.2) is 13.7 Å². The number of halogens is 2. The average molecular weight is 221 g/mol. The van der Waals surface area contributed by atoms with Crippen molar-refractivity contribution >= 4 is 12.4 Å². The fraction of sp³-hybridized carbons (Fsp3) is 0.333. The Morgan fingerprint density at radius 3 is 2.64 bits per heavy atom. The molecule has 0 heterocycles. The van der Waals surface area contributed by atoms with Gasteiger partial charge in [0.2, 0.25) is 0 Å². The molecule has 0 aliphatic rings.